The third-order valence-corrected chi connectivity index (χ3v) is 0. The van der Waals surface area contributed by atoms with Gasteiger partial charge in [0, 0.05) is 65.4 Å². The van der Waals surface area contributed by atoms with Gasteiger partial charge in [-0.3, -0.25) is 6.79 Å². The Balaban J connectivity index is -0.00000000729. The second kappa shape index (κ2) is 170. The van der Waals surface area contributed by atoms with Crippen LogP contribution >= 0.6 is 0 Å². The minimum atomic E-state index is 0. The van der Waals surface area contributed by atoms with Crippen LogP contribution in [0.25, 0.3) is 0 Å². The molecule has 0 fully saturated rings. The molecule has 0 unspecified atom stereocenters. The Labute approximate surface area is 123 Å². The van der Waals surface area contributed by atoms with E-state index in [1.54, 1.807) is 13.8 Å². The van der Waals surface area contributed by atoms with Gasteiger partial charge in [0.05, 0.1) is 0 Å². The zero-order valence-electron chi connectivity index (χ0n) is 8.26. The van der Waals surface area contributed by atoms with Crippen LogP contribution in [0.3, 0.4) is 0 Å². The van der Waals surface area contributed by atoms with Gasteiger partial charge in [-0.25, -0.2) is 0 Å². The molecule has 66 valence electrons. The van der Waals surface area contributed by atoms with Gasteiger partial charge in [-0.2, -0.15) is 13.8 Å². The summed E-state index contributed by atoms with van der Waals surface area (Å²) >= 11 is 0. The van der Waals surface area contributed by atoms with E-state index in [-0.39, 0.29) is 65.4 Å². The minimum absolute atomic E-state index is 0. The number of carbonyl (C=O) groups excluding carboxylic acids is 1. The molecule has 0 rings (SSSR count). The molecule has 1 nitrogen and oxygen atoms in total. The normalized spacial score (nSPS) is 3.09. The molecule has 0 heterocycles. The van der Waals surface area contributed by atoms with Crippen molar-refractivity contribution in [3.63, 3.8) is 0 Å². The molecule has 0 bridgehead atoms. The molecule has 0 N–H and O–H groups in total. The predicted molar refractivity (Wildman–Crippen MR) is 44.8 cm³/mol. The number of rotatable bonds is 0. The standard InChI is InChI=1S/C3H8.2C2H5.CHO.2Y/c1-3-2;3*1-2;;/h3H2,1-2H3;2*1H2,2H3;1H;;/q;3*-1;;. The van der Waals surface area contributed by atoms with Crippen molar-refractivity contribution in [2.24, 2.45) is 0 Å². The van der Waals surface area contributed by atoms with Gasteiger partial charge in [0.15, 0.2) is 0 Å². The molecule has 0 aliphatic rings. The van der Waals surface area contributed by atoms with Crippen molar-refractivity contribution in [1.82, 2.24) is 0 Å². The summed E-state index contributed by atoms with van der Waals surface area (Å²) in [5.74, 6) is 0. The maximum absolute atomic E-state index is 7.75. The Bertz CT molecular complexity index is 16.1. The van der Waals surface area contributed by atoms with Crippen molar-refractivity contribution in [1.29, 1.82) is 0 Å². The van der Waals surface area contributed by atoms with Crippen LogP contribution in [0, 0.1) is 13.8 Å². The van der Waals surface area contributed by atoms with Crippen molar-refractivity contribution in [2.45, 2.75) is 34.1 Å². The molecular weight excluding hydrogens is 290 g/mol. The molecule has 0 aromatic carbocycles. The zero-order chi connectivity index (χ0) is 8.71. The fraction of sp³-hybridized carbons (Fsp3) is 0.625. The molecule has 0 aromatic rings. The van der Waals surface area contributed by atoms with E-state index in [9.17, 15) is 0 Å². The summed E-state index contributed by atoms with van der Waals surface area (Å²) in [7, 11) is 0. The second-order valence-electron chi connectivity index (χ2n) is 0.707. The van der Waals surface area contributed by atoms with E-state index in [4.69, 9.17) is 4.79 Å². The van der Waals surface area contributed by atoms with Crippen LogP contribution in [0.15, 0.2) is 0 Å². The van der Waals surface area contributed by atoms with Gasteiger partial charge in [0.25, 0.3) is 0 Å². The molecule has 0 saturated heterocycles. The Hall–Kier alpha value is 1.88. The quantitative estimate of drug-likeness (QED) is 0.497. The average Bonchev–Trinajstić information content (AvgIpc) is 2.01. The first-order valence-electron chi connectivity index (χ1n) is 3.06. The fourth-order valence-corrected chi connectivity index (χ4v) is 0. The first kappa shape index (κ1) is 38.4. The Kier molecular flexibility index (Phi) is 593. The van der Waals surface area contributed by atoms with E-state index < -0.39 is 0 Å². The minimum Gasteiger partial charge on any atom is -0.545 e. The monoisotopic (exact) mass is 309 g/mol. The molecule has 2 radical (unpaired) electrons. The van der Waals surface area contributed by atoms with Gasteiger partial charge in [0.1, 0.15) is 0 Å². The van der Waals surface area contributed by atoms with E-state index in [0.29, 0.717) is 0 Å². The van der Waals surface area contributed by atoms with Crippen molar-refractivity contribution in [3.8, 4) is 0 Å². The van der Waals surface area contributed by atoms with Crippen LogP contribution in [0.1, 0.15) is 34.1 Å². The molecule has 0 aliphatic heterocycles. The fourth-order valence-electron chi connectivity index (χ4n) is 0. The first-order valence-corrected chi connectivity index (χ1v) is 3.06. The van der Waals surface area contributed by atoms with Crippen molar-refractivity contribution < 1.29 is 70.2 Å². The van der Waals surface area contributed by atoms with Crippen LogP contribution < -0.4 is 0 Å². The molecule has 0 aliphatic carbocycles. The van der Waals surface area contributed by atoms with Crippen molar-refractivity contribution in [3.05, 3.63) is 13.8 Å². The summed E-state index contributed by atoms with van der Waals surface area (Å²) in [4.78, 5) is 7.75. The molecule has 0 spiro atoms. The third-order valence-electron chi connectivity index (χ3n) is 0. The van der Waals surface area contributed by atoms with E-state index in [2.05, 4.69) is 34.5 Å². The predicted octanol–water partition coefficient (Wildman–Crippen LogP) is 2.82. The summed E-state index contributed by atoms with van der Waals surface area (Å²) in [5, 5.41) is 0. The summed E-state index contributed by atoms with van der Waals surface area (Å²) < 4.78 is 0. The Morgan fingerprint density at radius 1 is 0.909 bits per heavy atom. The van der Waals surface area contributed by atoms with Crippen LogP contribution in [0.5, 0.6) is 0 Å². The van der Waals surface area contributed by atoms with Crippen LogP contribution in [-0.2, 0) is 70.2 Å². The van der Waals surface area contributed by atoms with Crippen molar-refractivity contribution in [2.75, 3.05) is 0 Å². The molecule has 11 heavy (non-hydrogen) atoms. The topological polar surface area (TPSA) is 17.1 Å². The van der Waals surface area contributed by atoms with E-state index in [1.165, 1.54) is 6.42 Å². The van der Waals surface area contributed by atoms with Gasteiger partial charge in [-0.05, 0) is 0 Å². The van der Waals surface area contributed by atoms with Crippen LogP contribution in [0.2, 0.25) is 0 Å². The average molecular weight is 309 g/mol. The Morgan fingerprint density at radius 2 is 0.909 bits per heavy atom. The number of hydrogen-bond donors (Lipinski definition) is 0. The van der Waals surface area contributed by atoms with E-state index >= 15 is 0 Å². The Morgan fingerprint density at radius 3 is 0.909 bits per heavy atom. The van der Waals surface area contributed by atoms with Gasteiger partial charge in [-0.1, -0.05) is 20.3 Å². The summed E-state index contributed by atoms with van der Waals surface area (Å²) in [5.41, 5.74) is 0. The third kappa shape index (κ3) is 329. The zero-order valence-corrected chi connectivity index (χ0v) is 13.9. The van der Waals surface area contributed by atoms with Gasteiger partial charge >= 0.3 is 0 Å². The van der Waals surface area contributed by atoms with E-state index in [0.717, 1.165) is 0 Å². The molecule has 0 saturated carbocycles. The van der Waals surface area contributed by atoms with Gasteiger partial charge in [-0.15, -0.1) is 0 Å². The first-order chi connectivity index (χ1) is 4.41. The summed E-state index contributed by atoms with van der Waals surface area (Å²) in [6.45, 7) is 17.5. The largest absolute Gasteiger partial charge is 0.545 e. The molecule has 0 amide bonds. The van der Waals surface area contributed by atoms with E-state index in [1.807, 2.05) is 0 Å². The van der Waals surface area contributed by atoms with Crippen LogP contribution in [-0.4, -0.2) is 6.79 Å². The molecule has 3 heteroatoms. The summed E-state index contributed by atoms with van der Waals surface area (Å²) in [6, 6.07) is 0. The summed E-state index contributed by atoms with van der Waals surface area (Å²) in [6.07, 6.45) is 1.25. The maximum atomic E-state index is 7.75. The van der Waals surface area contributed by atoms with Gasteiger partial charge < -0.3 is 18.6 Å². The SMILES string of the molecule is CCC.[CH-]=O.[CH2-]C.[CH2-]C.[Y].[Y]. The molecule has 0 aromatic heterocycles. The molecular formula is C8H19OY2-3. The number of hydrogen-bond acceptors (Lipinski definition) is 1. The smallest absolute Gasteiger partial charge is 0 e. The maximum Gasteiger partial charge on any atom is 0 e. The molecule has 0 atom stereocenters. The second-order valence-corrected chi connectivity index (χ2v) is 0.707. The van der Waals surface area contributed by atoms with Crippen molar-refractivity contribution >= 4 is 6.79 Å². The van der Waals surface area contributed by atoms with Crippen LogP contribution in [0.4, 0.5) is 0 Å². The van der Waals surface area contributed by atoms with Gasteiger partial charge in [0.2, 0.25) is 0 Å².